The minimum atomic E-state index is -0.757. The zero-order valence-electron chi connectivity index (χ0n) is 11.6. The molecule has 2 rings (SSSR count). The van der Waals surface area contributed by atoms with Crippen LogP contribution in [0.15, 0.2) is 24.3 Å². The molecule has 1 unspecified atom stereocenters. The number of rotatable bonds is 6. The second-order valence-corrected chi connectivity index (χ2v) is 5.41. The molecule has 0 spiro atoms. The second-order valence-electron chi connectivity index (χ2n) is 5.41. The molecule has 0 radical (unpaired) electrons. The normalized spacial score (nSPS) is 24.1. The molecule has 1 aromatic carbocycles. The summed E-state index contributed by atoms with van der Waals surface area (Å²) < 4.78 is 0. The van der Waals surface area contributed by atoms with Crippen molar-refractivity contribution in [3.63, 3.8) is 0 Å². The largest absolute Gasteiger partial charge is 0.394 e. The molecule has 1 aliphatic rings. The average Bonchev–Trinajstić information content (AvgIpc) is 2.48. The van der Waals surface area contributed by atoms with Gasteiger partial charge in [0, 0.05) is 12.6 Å². The highest BCUT2D eigenvalue weighted by atomic mass is 16.3. The maximum Gasteiger partial charge on any atom is 0.0942 e. The zero-order valence-corrected chi connectivity index (χ0v) is 11.6. The van der Waals surface area contributed by atoms with Crippen LogP contribution in [0.2, 0.25) is 0 Å². The Bertz CT molecular complexity index is 406. The van der Waals surface area contributed by atoms with Crippen molar-refractivity contribution in [3.05, 3.63) is 24.3 Å². The summed E-state index contributed by atoms with van der Waals surface area (Å²) in [6, 6.07) is 8.23. The van der Waals surface area contributed by atoms with Crippen LogP contribution in [0.25, 0.3) is 0 Å². The summed E-state index contributed by atoms with van der Waals surface area (Å²) in [5.41, 5.74) is 1.92. The van der Waals surface area contributed by atoms with Gasteiger partial charge in [0.05, 0.1) is 30.2 Å². The number of hydrogen-bond acceptors (Lipinski definition) is 5. The molecule has 112 valence electrons. The van der Waals surface area contributed by atoms with Crippen LogP contribution in [-0.4, -0.2) is 46.7 Å². The Kier molecular flexibility index (Phi) is 5.64. The van der Waals surface area contributed by atoms with E-state index in [1.807, 2.05) is 24.3 Å². The molecule has 0 bridgehead atoms. The van der Waals surface area contributed by atoms with Crippen molar-refractivity contribution in [2.24, 2.45) is 0 Å². The van der Waals surface area contributed by atoms with E-state index in [0.717, 1.165) is 37.1 Å². The summed E-state index contributed by atoms with van der Waals surface area (Å²) in [6.07, 6.45) is 2.71. The van der Waals surface area contributed by atoms with Crippen LogP contribution in [0, 0.1) is 0 Å². The fourth-order valence-electron chi connectivity index (χ4n) is 2.50. The molecule has 1 atom stereocenters. The van der Waals surface area contributed by atoms with E-state index < -0.39 is 6.10 Å². The van der Waals surface area contributed by atoms with Crippen molar-refractivity contribution in [1.29, 1.82) is 0 Å². The Morgan fingerprint density at radius 1 is 1.10 bits per heavy atom. The van der Waals surface area contributed by atoms with Crippen molar-refractivity contribution < 1.29 is 15.3 Å². The number of hydrogen-bond donors (Lipinski definition) is 5. The summed E-state index contributed by atoms with van der Waals surface area (Å²) in [6.45, 7) is 0.0711. The third-order valence-electron chi connectivity index (χ3n) is 3.72. The second kappa shape index (κ2) is 7.47. The lowest BCUT2D eigenvalue weighted by Gasteiger charge is -2.28. The van der Waals surface area contributed by atoms with Gasteiger partial charge in [-0.2, -0.15) is 0 Å². The fourth-order valence-corrected chi connectivity index (χ4v) is 2.50. The Morgan fingerprint density at radius 2 is 1.75 bits per heavy atom. The van der Waals surface area contributed by atoms with Gasteiger partial charge < -0.3 is 26.0 Å². The van der Waals surface area contributed by atoms with E-state index in [4.69, 9.17) is 5.11 Å². The Balaban J connectivity index is 1.93. The highest BCUT2D eigenvalue weighted by Gasteiger charge is 2.19. The maximum absolute atomic E-state index is 9.53. The van der Waals surface area contributed by atoms with Gasteiger partial charge in [-0.15, -0.1) is 0 Å². The first-order chi connectivity index (χ1) is 9.69. The first kappa shape index (κ1) is 15.1. The lowest BCUT2D eigenvalue weighted by Crippen LogP contribution is -2.29. The summed E-state index contributed by atoms with van der Waals surface area (Å²) in [7, 11) is 0. The zero-order chi connectivity index (χ0) is 14.4. The molecule has 1 fully saturated rings. The maximum atomic E-state index is 9.53. The summed E-state index contributed by atoms with van der Waals surface area (Å²) in [4.78, 5) is 0. The molecular formula is C15H24N2O3. The van der Waals surface area contributed by atoms with Crippen LogP contribution in [0.1, 0.15) is 25.7 Å². The minimum Gasteiger partial charge on any atom is -0.394 e. The number of aliphatic hydroxyl groups excluding tert-OH is 3. The van der Waals surface area contributed by atoms with Crippen LogP contribution in [0.5, 0.6) is 0 Å². The van der Waals surface area contributed by atoms with E-state index >= 15 is 0 Å². The molecule has 5 nitrogen and oxygen atoms in total. The van der Waals surface area contributed by atoms with E-state index in [9.17, 15) is 10.2 Å². The van der Waals surface area contributed by atoms with Crippen molar-refractivity contribution in [2.45, 2.75) is 43.9 Å². The van der Waals surface area contributed by atoms with Gasteiger partial charge in [0.2, 0.25) is 0 Å². The van der Waals surface area contributed by atoms with Crippen LogP contribution in [-0.2, 0) is 0 Å². The Hall–Kier alpha value is -1.30. The first-order valence-electron chi connectivity index (χ1n) is 7.25. The van der Waals surface area contributed by atoms with Gasteiger partial charge in [0.15, 0.2) is 0 Å². The van der Waals surface area contributed by atoms with Crippen LogP contribution >= 0.6 is 0 Å². The van der Waals surface area contributed by atoms with Crippen molar-refractivity contribution >= 4 is 11.4 Å². The monoisotopic (exact) mass is 280 g/mol. The van der Waals surface area contributed by atoms with Gasteiger partial charge in [-0.05, 0) is 37.8 Å². The molecule has 1 aliphatic carbocycles. The summed E-state index contributed by atoms with van der Waals surface area (Å²) in [5, 5.41) is 34.4. The fraction of sp³-hybridized carbons (Fsp3) is 0.600. The van der Waals surface area contributed by atoms with Gasteiger partial charge in [-0.3, -0.25) is 0 Å². The van der Waals surface area contributed by atoms with E-state index in [1.54, 1.807) is 0 Å². The molecular weight excluding hydrogens is 256 g/mol. The van der Waals surface area contributed by atoms with Gasteiger partial charge in [0.1, 0.15) is 0 Å². The topological polar surface area (TPSA) is 84.8 Å². The first-order valence-corrected chi connectivity index (χ1v) is 7.25. The Labute approximate surface area is 119 Å². The van der Waals surface area contributed by atoms with Crippen molar-refractivity contribution in [1.82, 2.24) is 0 Å². The molecule has 0 amide bonds. The van der Waals surface area contributed by atoms with Gasteiger partial charge in [-0.1, -0.05) is 12.1 Å². The van der Waals surface area contributed by atoms with Crippen LogP contribution in [0.4, 0.5) is 11.4 Å². The lowest BCUT2D eigenvalue weighted by atomic mass is 9.93. The van der Waals surface area contributed by atoms with Crippen molar-refractivity contribution in [2.75, 3.05) is 23.8 Å². The van der Waals surface area contributed by atoms with E-state index in [-0.39, 0.29) is 12.7 Å². The third-order valence-corrected chi connectivity index (χ3v) is 3.72. The van der Waals surface area contributed by atoms with Gasteiger partial charge in [0.25, 0.3) is 0 Å². The molecule has 0 saturated heterocycles. The number of nitrogens with one attached hydrogen (secondary N) is 2. The average molecular weight is 280 g/mol. The molecule has 1 saturated carbocycles. The highest BCUT2D eigenvalue weighted by molar-refractivity contribution is 5.68. The molecule has 1 aromatic rings. The minimum absolute atomic E-state index is 0.152. The molecule has 5 heteroatoms. The molecule has 20 heavy (non-hydrogen) atoms. The van der Waals surface area contributed by atoms with Gasteiger partial charge >= 0.3 is 0 Å². The van der Waals surface area contributed by atoms with Crippen LogP contribution in [0.3, 0.4) is 0 Å². The van der Waals surface area contributed by atoms with Crippen molar-refractivity contribution in [3.8, 4) is 0 Å². The lowest BCUT2D eigenvalue weighted by molar-refractivity contribution is 0.105. The van der Waals surface area contributed by atoms with E-state index in [2.05, 4.69) is 10.6 Å². The highest BCUT2D eigenvalue weighted by Crippen LogP contribution is 2.26. The summed E-state index contributed by atoms with van der Waals surface area (Å²) >= 11 is 0. The van der Waals surface area contributed by atoms with E-state index in [0.29, 0.717) is 12.6 Å². The third kappa shape index (κ3) is 4.37. The number of benzene rings is 1. The predicted molar refractivity (Wildman–Crippen MR) is 79.9 cm³/mol. The molecule has 0 aliphatic heterocycles. The Morgan fingerprint density at radius 3 is 2.40 bits per heavy atom. The number of aliphatic hydroxyl groups is 3. The van der Waals surface area contributed by atoms with E-state index in [1.165, 1.54) is 0 Å². The predicted octanol–water partition coefficient (Wildman–Crippen LogP) is 1.17. The SMILES string of the molecule is OCC(O)CNc1ccccc1NC1CCC(O)CC1. The summed E-state index contributed by atoms with van der Waals surface area (Å²) in [5.74, 6) is 0. The smallest absolute Gasteiger partial charge is 0.0942 e. The molecule has 0 aromatic heterocycles. The molecule has 5 N–H and O–H groups in total. The standard InChI is InChI=1S/C15H24N2O3/c18-10-13(20)9-16-14-3-1-2-4-15(14)17-11-5-7-12(19)8-6-11/h1-4,11-13,16-20H,5-10H2. The molecule has 0 heterocycles. The quantitative estimate of drug-likeness (QED) is 0.540. The number of para-hydroxylation sites is 2. The number of anilines is 2. The van der Waals surface area contributed by atoms with Gasteiger partial charge in [-0.25, -0.2) is 0 Å². The van der Waals surface area contributed by atoms with Crippen LogP contribution < -0.4 is 10.6 Å².